The summed E-state index contributed by atoms with van der Waals surface area (Å²) in [7, 11) is 0.205. The van der Waals surface area contributed by atoms with Gasteiger partial charge in [0, 0.05) is 20.1 Å². The fourth-order valence-electron chi connectivity index (χ4n) is 2.25. The van der Waals surface area contributed by atoms with E-state index < -0.39 is 10.0 Å². The average molecular weight is 494 g/mol. The lowest BCUT2D eigenvalue weighted by atomic mass is 10.1. The van der Waals surface area contributed by atoms with Crippen LogP contribution < -0.4 is 10.0 Å². The van der Waals surface area contributed by atoms with Crippen molar-refractivity contribution in [3.63, 3.8) is 0 Å². The summed E-state index contributed by atoms with van der Waals surface area (Å²) in [5.74, 6) is 0.857. The first-order valence-corrected chi connectivity index (χ1v) is 10.2. The Kier molecular flexibility index (Phi) is 12.5. The normalized spacial score (nSPS) is 11.6. The van der Waals surface area contributed by atoms with E-state index in [1.165, 1.54) is 7.05 Å². The average Bonchev–Trinajstić information content (AvgIpc) is 2.59. The molecule has 0 spiro atoms. The number of nitrogens with one attached hydrogen (secondary N) is 2. The van der Waals surface area contributed by atoms with Crippen LogP contribution in [0.15, 0.2) is 41.9 Å². The molecule has 1 aromatic rings. The Bertz CT molecular complexity index is 660. The van der Waals surface area contributed by atoms with E-state index in [9.17, 15) is 8.42 Å². The van der Waals surface area contributed by atoms with Gasteiger partial charge in [-0.15, -0.1) is 30.6 Å². The maximum absolute atomic E-state index is 11.6. The predicted octanol–water partition coefficient (Wildman–Crippen LogP) is 2.72. The van der Waals surface area contributed by atoms with Gasteiger partial charge in [0.1, 0.15) is 0 Å². The van der Waals surface area contributed by atoms with E-state index >= 15 is 0 Å². The van der Waals surface area contributed by atoms with Gasteiger partial charge in [-0.2, -0.15) is 0 Å². The molecule has 1 aromatic carbocycles. The highest BCUT2D eigenvalue weighted by atomic mass is 127. The molecule has 0 unspecified atom stereocenters. The summed E-state index contributed by atoms with van der Waals surface area (Å²) in [6.45, 7) is 8.06. The van der Waals surface area contributed by atoms with E-state index in [1.807, 2.05) is 44.3 Å². The molecular formula is C18H31IN4O2S. The summed E-state index contributed by atoms with van der Waals surface area (Å²) >= 11 is 0. The zero-order chi connectivity index (χ0) is 18.7. The highest BCUT2D eigenvalue weighted by molar-refractivity contribution is 14.0. The first-order chi connectivity index (χ1) is 11.9. The van der Waals surface area contributed by atoms with Gasteiger partial charge >= 0.3 is 0 Å². The maximum Gasteiger partial charge on any atom is 0.215 e. The quantitative estimate of drug-likeness (QED) is 0.173. The van der Waals surface area contributed by atoms with Crippen molar-refractivity contribution in [2.24, 2.45) is 4.99 Å². The SMILES string of the molecule is C=CCCCN(C)C(=NCc1ccc(CS(=O)(=O)NC)cc1)NCC.I. The first-order valence-electron chi connectivity index (χ1n) is 8.51. The molecule has 0 bridgehead atoms. The van der Waals surface area contributed by atoms with Crippen LogP contribution in [-0.2, 0) is 22.3 Å². The predicted molar refractivity (Wildman–Crippen MR) is 120 cm³/mol. The van der Waals surface area contributed by atoms with Gasteiger partial charge in [0.2, 0.25) is 10.0 Å². The largest absolute Gasteiger partial charge is 0.357 e. The molecular weight excluding hydrogens is 463 g/mol. The van der Waals surface area contributed by atoms with E-state index in [4.69, 9.17) is 0 Å². The number of rotatable bonds is 10. The Morgan fingerprint density at radius 3 is 2.42 bits per heavy atom. The van der Waals surface area contributed by atoms with Crippen molar-refractivity contribution in [2.75, 3.05) is 27.2 Å². The fourth-order valence-corrected chi connectivity index (χ4v) is 3.02. The van der Waals surface area contributed by atoms with Gasteiger partial charge in [0.15, 0.2) is 5.96 Å². The number of hydrogen-bond donors (Lipinski definition) is 2. The van der Waals surface area contributed by atoms with Gasteiger partial charge in [-0.1, -0.05) is 30.3 Å². The van der Waals surface area contributed by atoms with Crippen LogP contribution in [-0.4, -0.2) is 46.5 Å². The monoisotopic (exact) mass is 494 g/mol. The van der Waals surface area contributed by atoms with Crippen molar-refractivity contribution in [1.29, 1.82) is 0 Å². The molecule has 26 heavy (non-hydrogen) atoms. The van der Waals surface area contributed by atoms with Crippen molar-refractivity contribution in [3.8, 4) is 0 Å². The second kappa shape index (κ2) is 13.1. The van der Waals surface area contributed by atoms with Gasteiger partial charge < -0.3 is 10.2 Å². The van der Waals surface area contributed by atoms with Gasteiger partial charge in [0.05, 0.1) is 12.3 Å². The van der Waals surface area contributed by atoms with E-state index in [-0.39, 0.29) is 29.7 Å². The second-order valence-electron chi connectivity index (χ2n) is 5.80. The third kappa shape index (κ3) is 9.54. The number of aliphatic imine (C=N–C) groups is 1. The summed E-state index contributed by atoms with van der Waals surface area (Å²) in [5, 5.41) is 3.29. The molecule has 0 aromatic heterocycles. The van der Waals surface area contributed by atoms with Crippen molar-refractivity contribution < 1.29 is 8.42 Å². The number of benzene rings is 1. The van der Waals surface area contributed by atoms with Gasteiger partial charge in [-0.05, 0) is 37.9 Å². The molecule has 0 aliphatic carbocycles. The summed E-state index contributed by atoms with van der Waals surface area (Å²) in [5.41, 5.74) is 1.80. The number of halogens is 1. The highest BCUT2D eigenvalue weighted by Gasteiger charge is 2.08. The minimum absolute atomic E-state index is 0. The number of unbranched alkanes of at least 4 members (excludes halogenated alkanes) is 1. The van der Waals surface area contributed by atoms with E-state index in [0.717, 1.165) is 43.0 Å². The van der Waals surface area contributed by atoms with Crippen LogP contribution in [0, 0.1) is 0 Å². The van der Waals surface area contributed by atoms with Crippen LogP contribution in [0.5, 0.6) is 0 Å². The van der Waals surface area contributed by atoms with Crippen LogP contribution in [0.25, 0.3) is 0 Å². The number of allylic oxidation sites excluding steroid dienone is 1. The van der Waals surface area contributed by atoms with Gasteiger partial charge in [-0.3, -0.25) is 0 Å². The third-order valence-corrected chi connectivity index (χ3v) is 5.04. The topological polar surface area (TPSA) is 73.8 Å². The molecule has 148 valence electrons. The molecule has 0 saturated heterocycles. The summed E-state index contributed by atoms with van der Waals surface area (Å²) in [4.78, 5) is 6.77. The molecule has 8 heteroatoms. The molecule has 1 rings (SSSR count). The Morgan fingerprint density at radius 1 is 1.27 bits per heavy atom. The summed E-state index contributed by atoms with van der Waals surface area (Å²) < 4.78 is 25.5. The van der Waals surface area contributed by atoms with E-state index in [0.29, 0.717) is 6.54 Å². The van der Waals surface area contributed by atoms with Crippen molar-refractivity contribution in [1.82, 2.24) is 14.9 Å². The Labute approximate surface area is 175 Å². The number of guanidine groups is 1. The molecule has 0 heterocycles. The van der Waals surface area contributed by atoms with Crippen LogP contribution in [0.2, 0.25) is 0 Å². The van der Waals surface area contributed by atoms with Gasteiger partial charge in [0.25, 0.3) is 0 Å². The van der Waals surface area contributed by atoms with Crippen molar-refractivity contribution in [2.45, 2.75) is 32.1 Å². The molecule has 6 nitrogen and oxygen atoms in total. The lowest BCUT2D eigenvalue weighted by Gasteiger charge is -2.21. The first kappa shape index (κ1) is 24.9. The zero-order valence-corrected chi connectivity index (χ0v) is 19.0. The number of sulfonamides is 1. The van der Waals surface area contributed by atoms with Crippen LogP contribution >= 0.6 is 24.0 Å². The summed E-state index contributed by atoms with van der Waals surface area (Å²) in [6.07, 6.45) is 3.95. The third-order valence-electron chi connectivity index (χ3n) is 3.70. The number of nitrogens with zero attached hydrogens (tertiary/aromatic N) is 2. The van der Waals surface area contributed by atoms with Crippen molar-refractivity contribution >= 4 is 40.0 Å². The highest BCUT2D eigenvalue weighted by Crippen LogP contribution is 2.09. The van der Waals surface area contributed by atoms with Crippen LogP contribution in [0.1, 0.15) is 30.9 Å². The van der Waals surface area contributed by atoms with E-state index in [1.54, 1.807) is 0 Å². The molecule has 2 N–H and O–H groups in total. The molecule has 0 radical (unpaired) electrons. The van der Waals surface area contributed by atoms with Crippen LogP contribution in [0.4, 0.5) is 0 Å². The lowest BCUT2D eigenvalue weighted by molar-refractivity contribution is 0.470. The summed E-state index contributed by atoms with van der Waals surface area (Å²) in [6, 6.07) is 7.51. The maximum atomic E-state index is 11.6. The minimum Gasteiger partial charge on any atom is -0.357 e. The molecule has 0 fully saturated rings. The molecule has 0 amide bonds. The van der Waals surface area contributed by atoms with E-state index in [2.05, 4.69) is 26.5 Å². The molecule has 0 atom stereocenters. The van der Waals surface area contributed by atoms with Gasteiger partial charge in [-0.25, -0.2) is 18.1 Å². The molecule has 0 aliphatic heterocycles. The standard InChI is InChI=1S/C18H30N4O2S.HI/c1-5-7-8-13-22(4)18(20-6-2)21-14-16-9-11-17(12-10-16)15-25(23,24)19-3;/h5,9-12,19H,1,6-8,13-15H2,2-4H3,(H,20,21);1H. The van der Waals surface area contributed by atoms with Crippen molar-refractivity contribution in [3.05, 3.63) is 48.0 Å². The Morgan fingerprint density at radius 2 is 1.88 bits per heavy atom. The number of hydrogen-bond acceptors (Lipinski definition) is 3. The molecule has 0 aliphatic rings. The minimum atomic E-state index is -3.24. The zero-order valence-electron chi connectivity index (χ0n) is 15.9. The second-order valence-corrected chi connectivity index (χ2v) is 7.73. The fraction of sp³-hybridized carbons (Fsp3) is 0.500. The Balaban J connectivity index is 0.00000625. The molecule has 0 saturated carbocycles. The van der Waals surface area contributed by atoms with Crippen LogP contribution in [0.3, 0.4) is 0 Å². The lowest BCUT2D eigenvalue weighted by Crippen LogP contribution is -2.39. The smallest absolute Gasteiger partial charge is 0.215 e. The Hall–Kier alpha value is -1.13.